The average molecular weight is 300 g/mol. The molecule has 0 aromatic heterocycles. The van der Waals surface area contributed by atoms with Gasteiger partial charge in [0, 0.05) is 5.56 Å². The second-order valence-corrected chi connectivity index (χ2v) is 7.14. The molecule has 0 radical (unpaired) electrons. The first-order valence-electron chi connectivity index (χ1n) is 9.29. The minimum absolute atomic E-state index is 0.170. The van der Waals surface area contributed by atoms with Crippen LogP contribution >= 0.6 is 0 Å². The van der Waals surface area contributed by atoms with E-state index in [0.29, 0.717) is 5.41 Å². The zero-order valence-corrected chi connectivity index (χ0v) is 14.5. The molecule has 0 N–H and O–H groups in total. The van der Waals surface area contributed by atoms with Gasteiger partial charge in [-0.1, -0.05) is 82.6 Å². The Balaban J connectivity index is 2.05. The fourth-order valence-corrected chi connectivity index (χ4v) is 4.04. The van der Waals surface area contributed by atoms with E-state index in [1.807, 2.05) is 12.1 Å². The Hall–Kier alpha value is -1.11. The summed E-state index contributed by atoms with van der Waals surface area (Å²) in [7, 11) is 0. The Bertz CT molecular complexity index is 451. The smallest absolute Gasteiger partial charge is 0.159 e. The van der Waals surface area contributed by atoms with Gasteiger partial charge in [0.25, 0.3) is 0 Å². The quantitative estimate of drug-likeness (QED) is 0.398. The molecule has 2 rings (SSSR count). The van der Waals surface area contributed by atoms with Crippen molar-refractivity contribution < 1.29 is 4.79 Å². The molecular weight excluding hydrogens is 268 g/mol. The molecule has 1 aliphatic rings. The SMILES string of the molecule is CCCCCCCC1(c2ccc(C(C)=O)cc2)CCCCC1. The second kappa shape index (κ2) is 8.50. The van der Waals surface area contributed by atoms with Crippen molar-refractivity contribution in [1.29, 1.82) is 0 Å². The molecule has 0 spiro atoms. The summed E-state index contributed by atoms with van der Waals surface area (Å²) < 4.78 is 0. The van der Waals surface area contributed by atoms with Crippen LogP contribution in [0.2, 0.25) is 0 Å². The van der Waals surface area contributed by atoms with Crippen LogP contribution in [0.3, 0.4) is 0 Å². The van der Waals surface area contributed by atoms with Gasteiger partial charge >= 0.3 is 0 Å². The van der Waals surface area contributed by atoms with Crippen molar-refractivity contribution in [3.63, 3.8) is 0 Å². The second-order valence-electron chi connectivity index (χ2n) is 7.14. The van der Waals surface area contributed by atoms with Crippen LogP contribution in [-0.4, -0.2) is 5.78 Å². The van der Waals surface area contributed by atoms with E-state index in [1.54, 1.807) is 6.92 Å². The molecule has 0 atom stereocenters. The van der Waals surface area contributed by atoms with Crippen LogP contribution in [0.1, 0.15) is 100 Å². The average Bonchev–Trinajstić information content (AvgIpc) is 2.55. The minimum Gasteiger partial charge on any atom is -0.295 e. The molecule has 22 heavy (non-hydrogen) atoms. The van der Waals surface area contributed by atoms with Crippen LogP contribution in [0, 0.1) is 0 Å². The monoisotopic (exact) mass is 300 g/mol. The standard InChI is InChI=1S/C21H32O/c1-3-4-5-6-8-15-21(16-9-7-10-17-21)20-13-11-19(12-14-20)18(2)22/h11-14H,3-10,15-17H2,1-2H3. The third-order valence-electron chi connectivity index (χ3n) is 5.47. The largest absolute Gasteiger partial charge is 0.295 e. The lowest BCUT2D eigenvalue weighted by atomic mass is 9.66. The van der Waals surface area contributed by atoms with Crippen molar-refractivity contribution in [3.8, 4) is 0 Å². The molecule has 1 nitrogen and oxygen atoms in total. The molecule has 1 aromatic carbocycles. The highest BCUT2D eigenvalue weighted by Gasteiger charge is 2.33. The Kier molecular flexibility index (Phi) is 6.67. The van der Waals surface area contributed by atoms with Gasteiger partial charge in [0.05, 0.1) is 0 Å². The summed E-state index contributed by atoms with van der Waals surface area (Å²) in [4.78, 5) is 11.5. The summed E-state index contributed by atoms with van der Waals surface area (Å²) in [5.41, 5.74) is 2.71. The molecule has 0 bridgehead atoms. The zero-order chi connectivity index (χ0) is 15.8. The third-order valence-corrected chi connectivity index (χ3v) is 5.47. The maximum Gasteiger partial charge on any atom is 0.159 e. The van der Waals surface area contributed by atoms with E-state index in [2.05, 4.69) is 19.1 Å². The fraction of sp³-hybridized carbons (Fsp3) is 0.667. The molecule has 1 aromatic rings. The van der Waals surface area contributed by atoms with Crippen molar-refractivity contribution in [2.75, 3.05) is 0 Å². The van der Waals surface area contributed by atoms with Gasteiger partial charge in [-0.3, -0.25) is 4.79 Å². The van der Waals surface area contributed by atoms with E-state index >= 15 is 0 Å². The first kappa shape index (κ1) is 17.2. The number of carbonyl (C=O) groups is 1. The fourth-order valence-electron chi connectivity index (χ4n) is 4.04. The highest BCUT2D eigenvalue weighted by atomic mass is 16.1. The number of hydrogen-bond acceptors (Lipinski definition) is 1. The van der Waals surface area contributed by atoms with E-state index in [1.165, 1.54) is 76.2 Å². The van der Waals surface area contributed by atoms with Gasteiger partial charge < -0.3 is 0 Å². The number of benzene rings is 1. The van der Waals surface area contributed by atoms with E-state index in [4.69, 9.17) is 0 Å². The van der Waals surface area contributed by atoms with Gasteiger partial charge in [-0.25, -0.2) is 0 Å². The van der Waals surface area contributed by atoms with E-state index in [-0.39, 0.29) is 5.78 Å². The Morgan fingerprint density at radius 2 is 1.59 bits per heavy atom. The molecule has 1 aliphatic carbocycles. The lowest BCUT2D eigenvalue weighted by Crippen LogP contribution is -2.29. The highest BCUT2D eigenvalue weighted by molar-refractivity contribution is 5.94. The predicted octanol–water partition coefficient (Wildman–Crippen LogP) is 6.45. The Morgan fingerprint density at radius 3 is 2.18 bits per heavy atom. The summed E-state index contributed by atoms with van der Waals surface area (Å²) in [5.74, 6) is 0.170. The van der Waals surface area contributed by atoms with Gasteiger partial charge in [-0.2, -0.15) is 0 Å². The van der Waals surface area contributed by atoms with Gasteiger partial charge in [0.2, 0.25) is 0 Å². The number of unbranched alkanes of at least 4 members (excludes halogenated alkanes) is 4. The van der Waals surface area contributed by atoms with Crippen molar-refractivity contribution in [1.82, 2.24) is 0 Å². The van der Waals surface area contributed by atoms with Crippen LogP contribution in [0.15, 0.2) is 24.3 Å². The number of Topliss-reactive ketones (excluding diaryl/α,β-unsaturated/α-hetero) is 1. The molecule has 0 aliphatic heterocycles. The first-order chi connectivity index (χ1) is 10.7. The molecule has 1 saturated carbocycles. The summed E-state index contributed by atoms with van der Waals surface area (Å²) in [6, 6.07) is 8.53. The molecule has 1 fully saturated rings. The number of rotatable bonds is 8. The summed E-state index contributed by atoms with van der Waals surface area (Å²) in [5, 5.41) is 0. The van der Waals surface area contributed by atoms with Crippen LogP contribution in [-0.2, 0) is 5.41 Å². The molecule has 0 unspecified atom stereocenters. The number of hydrogen-bond donors (Lipinski definition) is 0. The lowest BCUT2D eigenvalue weighted by Gasteiger charge is -2.38. The summed E-state index contributed by atoms with van der Waals surface area (Å²) in [6.07, 6.45) is 14.9. The van der Waals surface area contributed by atoms with E-state index in [0.717, 1.165) is 5.56 Å². The topological polar surface area (TPSA) is 17.1 Å². The van der Waals surface area contributed by atoms with E-state index in [9.17, 15) is 4.79 Å². The maximum absolute atomic E-state index is 11.5. The van der Waals surface area contributed by atoms with Crippen molar-refractivity contribution in [3.05, 3.63) is 35.4 Å². The maximum atomic E-state index is 11.5. The lowest BCUT2D eigenvalue weighted by molar-refractivity contribution is 0.101. The zero-order valence-electron chi connectivity index (χ0n) is 14.5. The third kappa shape index (κ3) is 4.44. The van der Waals surface area contributed by atoms with Gasteiger partial charge in [0.1, 0.15) is 0 Å². The van der Waals surface area contributed by atoms with E-state index < -0.39 is 0 Å². The Morgan fingerprint density at radius 1 is 0.955 bits per heavy atom. The minimum atomic E-state index is 0.170. The van der Waals surface area contributed by atoms with Crippen LogP contribution in [0.4, 0.5) is 0 Å². The highest BCUT2D eigenvalue weighted by Crippen LogP contribution is 2.43. The normalized spacial score (nSPS) is 17.4. The van der Waals surface area contributed by atoms with Crippen molar-refractivity contribution in [2.24, 2.45) is 0 Å². The molecular formula is C21H32O. The molecule has 122 valence electrons. The summed E-state index contributed by atoms with van der Waals surface area (Å²) >= 11 is 0. The number of ketones is 1. The van der Waals surface area contributed by atoms with Crippen LogP contribution < -0.4 is 0 Å². The number of carbonyl (C=O) groups excluding carboxylic acids is 1. The molecule has 1 heteroatoms. The molecule has 0 heterocycles. The van der Waals surface area contributed by atoms with Crippen LogP contribution in [0.5, 0.6) is 0 Å². The summed E-state index contributed by atoms with van der Waals surface area (Å²) in [6.45, 7) is 3.93. The predicted molar refractivity (Wildman–Crippen MR) is 94.6 cm³/mol. The Labute approximate surface area is 136 Å². The van der Waals surface area contributed by atoms with Crippen molar-refractivity contribution >= 4 is 5.78 Å². The van der Waals surface area contributed by atoms with Gasteiger partial charge in [0.15, 0.2) is 5.78 Å². The van der Waals surface area contributed by atoms with Gasteiger partial charge in [-0.05, 0) is 37.2 Å². The van der Waals surface area contributed by atoms with Crippen molar-refractivity contribution in [2.45, 2.75) is 89.9 Å². The van der Waals surface area contributed by atoms with Crippen LogP contribution in [0.25, 0.3) is 0 Å². The molecule has 0 saturated heterocycles. The first-order valence-corrected chi connectivity index (χ1v) is 9.29. The molecule has 0 amide bonds. The van der Waals surface area contributed by atoms with Gasteiger partial charge in [-0.15, -0.1) is 0 Å².